The lowest BCUT2D eigenvalue weighted by Crippen LogP contribution is -2.37. The number of rotatable bonds is 6. The Morgan fingerprint density at radius 3 is 2.00 bits per heavy atom. The van der Waals surface area contributed by atoms with Gasteiger partial charge in [0.1, 0.15) is 0 Å². The van der Waals surface area contributed by atoms with Crippen LogP contribution in [0.3, 0.4) is 0 Å². The summed E-state index contributed by atoms with van der Waals surface area (Å²) >= 11 is 0. The number of aliphatic hydroxyl groups excluding tert-OH is 4. The van der Waals surface area contributed by atoms with Gasteiger partial charge >= 0.3 is 0 Å². The van der Waals surface area contributed by atoms with Crippen LogP contribution in [-0.4, -0.2) is 58.4 Å². The van der Waals surface area contributed by atoms with Gasteiger partial charge in [-0.2, -0.15) is 0 Å². The summed E-state index contributed by atoms with van der Waals surface area (Å²) in [5.41, 5.74) is -0.131. The van der Waals surface area contributed by atoms with Crippen LogP contribution in [0, 0.1) is 5.41 Å². The molecule has 1 aromatic heterocycles. The van der Waals surface area contributed by atoms with Crippen molar-refractivity contribution < 1.29 is 25.2 Å². The monoisotopic (exact) mass is 309 g/mol. The zero-order valence-electron chi connectivity index (χ0n) is 12.6. The maximum Gasteiger partial charge on any atom is 0.213 e. The van der Waals surface area contributed by atoms with Gasteiger partial charge in [0.05, 0.1) is 44.0 Å². The van der Waals surface area contributed by atoms with Gasteiger partial charge in [0.25, 0.3) is 0 Å². The molecule has 1 aromatic carbocycles. The van der Waals surface area contributed by atoms with Gasteiger partial charge in [0.2, 0.25) is 5.88 Å². The first-order valence-electron chi connectivity index (χ1n) is 7.06. The lowest BCUT2D eigenvalue weighted by atomic mass is 9.93. The number of aromatic nitrogens is 1. The Morgan fingerprint density at radius 2 is 1.50 bits per heavy atom. The summed E-state index contributed by atoms with van der Waals surface area (Å²) in [6, 6.07) is 11.9. The van der Waals surface area contributed by atoms with Gasteiger partial charge in [0, 0.05) is 11.5 Å². The molecule has 0 aliphatic rings. The highest BCUT2D eigenvalue weighted by atomic mass is 16.5. The molecule has 0 amide bonds. The quantitative estimate of drug-likeness (QED) is 0.622. The van der Waals surface area contributed by atoms with Gasteiger partial charge in [0.15, 0.2) is 0 Å². The lowest BCUT2D eigenvalue weighted by molar-refractivity contribution is -0.0328. The Morgan fingerprint density at radius 1 is 0.909 bits per heavy atom. The number of fused-ring (bicyclic) bond motifs is 1. The summed E-state index contributed by atoms with van der Waals surface area (Å²) in [6.07, 6.45) is 0. The molecule has 0 atom stereocenters. The largest absolute Gasteiger partial charge is 0.478 e. The highest BCUT2D eigenvalue weighted by Gasteiger charge is 2.26. The number of benzene rings is 1. The molecule has 22 heavy (non-hydrogen) atoms. The van der Waals surface area contributed by atoms with Gasteiger partial charge in [-0.15, -0.1) is 0 Å². The third-order valence-electron chi connectivity index (χ3n) is 3.21. The number of nitrogens with zero attached hydrogens (tertiary/aromatic N) is 1. The third kappa shape index (κ3) is 4.92. The van der Waals surface area contributed by atoms with Crippen LogP contribution in [0.4, 0.5) is 0 Å². The normalized spacial score (nSPS) is 11.0. The first-order chi connectivity index (χ1) is 10.6. The number of para-hydroxylation sites is 1. The molecule has 0 radical (unpaired) electrons. The Bertz CT molecular complexity index is 539. The molecule has 0 unspecified atom stereocenters. The first-order valence-corrected chi connectivity index (χ1v) is 7.06. The van der Waals surface area contributed by atoms with Crippen molar-refractivity contribution in [2.45, 2.75) is 6.92 Å². The molecule has 0 saturated heterocycles. The van der Waals surface area contributed by atoms with Gasteiger partial charge in [-0.1, -0.05) is 18.2 Å². The SMILES string of the molecule is CCOc1ccc2ccccc2n1.OCC(CO)(CO)CO. The number of aliphatic hydroxyl groups is 4. The van der Waals surface area contributed by atoms with Crippen LogP contribution in [-0.2, 0) is 0 Å². The van der Waals surface area contributed by atoms with Crippen molar-refractivity contribution in [3.8, 4) is 5.88 Å². The van der Waals surface area contributed by atoms with Crippen LogP contribution in [0.2, 0.25) is 0 Å². The van der Waals surface area contributed by atoms with Crippen molar-refractivity contribution in [2.24, 2.45) is 5.41 Å². The van der Waals surface area contributed by atoms with E-state index in [0.717, 1.165) is 10.9 Å². The van der Waals surface area contributed by atoms with E-state index in [4.69, 9.17) is 25.2 Å². The smallest absolute Gasteiger partial charge is 0.213 e. The Kier molecular flexibility index (Phi) is 7.76. The zero-order chi connectivity index (χ0) is 16.4. The number of hydrogen-bond acceptors (Lipinski definition) is 6. The lowest BCUT2D eigenvalue weighted by Gasteiger charge is -2.23. The maximum absolute atomic E-state index is 8.50. The van der Waals surface area contributed by atoms with Crippen molar-refractivity contribution in [1.29, 1.82) is 0 Å². The molecule has 0 aliphatic heterocycles. The molecule has 0 fully saturated rings. The fourth-order valence-electron chi connectivity index (χ4n) is 1.58. The van der Waals surface area contributed by atoms with Crippen LogP contribution in [0.1, 0.15) is 6.92 Å². The fraction of sp³-hybridized carbons (Fsp3) is 0.438. The highest BCUT2D eigenvalue weighted by Crippen LogP contribution is 2.15. The van der Waals surface area contributed by atoms with E-state index in [0.29, 0.717) is 12.5 Å². The fourth-order valence-corrected chi connectivity index (χ4v) is 1.58. The molecule has 2 rings (SSSR count). The number of pyridine rings is 1. The summed E-state index contributed by atoms with van der Waals surface area (Å²) in [6.45, 7) is 0.988. The van der Waals surface area contributed by atoms with E-state index in [2.05, 4.69) is 4.98 Å². The molecule has 6 heteroatoms. The van der Waals surface area contributed by atoms with Crippen molar-refractivity contribution >= 4 is 10.9 Å². The van der Waals surface area contributed by atoms with Crippen molar-refractivity contribution in [3.63, 3.8) is 0 Å². The van der Waals surface area contributed by atoms with E-state index in [1.807, 2.05) is 43.3 Å². The summed E-state index contributed by atoms with van der Waals surface area (Å²) in [5, 5.41) is 35.1. The van der Waals surface area contributed by atoms with Crippen molar-refractivity contribution in [3.05, 3.63) is 36.4 Å². The van der Waals surface area contributed by atoms with Crippen LogP contribution in [0.5, 0.6) is 5.88 Å². The topological polar surface area (TPSA) is 103 Å². The van der Waals surface area contributed by atoms with E-state index < -0.39 is 31.8 Å². The summed E-state index contributed by atoms with van der Waals surface area (Å²) in [7, 11) is 0. The second-order valence-electron chi connectivity index (χ2n) is 4.91. The third-order valence-corrected chi connectivity index (χ3v) is 3.21. The average molecular weight is 309 g/mol. The van der Waals surface area contributed by atoms with Crippen LogP contribution in [0.15, 0.2) is 36.4 Å². The molecule has 1 heterocycles. The standard InChI is InChI=1S/C11H11NO.C5H12O4/c1-2-13-11-8-7-9-5-3-4-6-10(9)12-11;6-1-5(2-7,3-8)4-9/h3-8H,2H2,1H3;6-9H,1-4H2. The predicted molar refractivity (Wildman–Crippen MR) is 83.7 cm³/mol. The molecule has 122 valence electrons. The Labute approximate surface area is 129 Å². The minimum Gasteiger partial charge on any atom is -0.478 e. The van der Waals surface area contributed by atoms with Crippen molar-refractivity contribution in [2.75, 3.05) is 33.0 Å². The van der Waals surface area contributed by atoms with E-state index >= 15 is 0 Å². The van der Waals surface area contributed by atoms with Crippen LogP contribution >= 0.6 is 0 Å². The van der Waals surface area contributed by atoms with E-state index in [1.165, 1.54) is 0 Å². The van der Waals surface area contributed by atoms with E-state index in [1.54, 1.807) is 0 Å². The van der Waals surface area contributed by atoms with E-state index in [-0.39, 0.29) is 0 Å². The molecule has 2 aromatic rings. The van der Waals surface area contributed by atoms with Crippen LogP contribution in [0.25, 0.3) is 10.9 Å². The van der Waals surface area contributed by atoms with E-state index in [9.17, 15) is 0 Å². The molecule has 0 saturated carbocycles. The summed E-state index contributed by atoms with van der Waals surface area (Å²) in [5.74, 6) is 0.696. The maximum atomic E-state index is 8.50. The Balaban J connectivity index is 0.000000239. The Hall–Kier alpha value is -1.73. The van der Waals surface area contributed by atoms with Gasteiger partial charge in [-0.05, 0) is 19.1 Å². The molecule has 0 spiro atoms. The molecular weight excluding hydrogens is 286 g/mol. The van der Waals surface area contributed by atoms with Gasteiger partial charge in [-0.25, -0.2) is 4.98 Å². The van der Waals surface area contributed by atoms with Crippen LogP contribution < -0.4 is 4.74 Å². The number of ether oxygens (including phenoxy) is 1. The average Bonchev–Trinajstić information content (AvgIpc) is 2.58. The molecule has 4 N–H and O–H groups in total. The van der Waals surface area contributed by atoms with Gasteiger partial charge in [-0.3, -0.25) is 0 Å². The van der Waals surface area contributed by atoms with Gasteiger partial charge < -0.3 is 25.2 Å². The zero-order valence-corrected chi connectivity index (χ0v) is 12.6. The molecule has 0 bridgehead atoms. The first kappa shape index (κ1) is 18.3. The number of hydrogen-bond donors (Lipinski definition) is 4. The second-order valence-corrected chi connectivity index (χ2v) is 4.91. The minimum absolute atomic E-state index is 0.406. The summed E-state index contributed by atoms with van der Waals surface area (Å²) < 4.78 is 5.30. The summed E-state index contributed by atoms with van der Waals surface area (Å²) in [4.78, 5) is 4.34. The second kappa shape index (κ2) is 9.32. The molecule has 0 aliphatic carbocycles. The minimum atomic E-state index is -1.11. The molecule has 6 nitrogen and oxygen atoms in total. The predicted octanol–water partition coefficient (Wildman–Crippen LogP) is 0.575. The highest BCUT2D eigenvalue weighted by molar-refractivity contribution is 5.78. The van der Waals surface area contributed by atoms with Crippen molar-refractivity contribution in [1.82, 2.24) is 4.98 Å². The molecular formula is C16H23NO5.